The predicted molar refractivity (Wildman–Crippen MR) is 65.1 cm³/mol. The first-order valence-corrected chi connectivity index (χ1v) is 5.87. The van der Waals surface area contributed by atoms with E-state index in [0.717, 1.165) is 0 Å². The summed E-state index contributed by atoms with van der Waals surface area (Å²) in [6.07, 6.45) is 0.297. The van der Waals surface area contributed by atoms with E-state index in [0.29, 0.717) is 17.9 Å². The molecule has 0 bridgehead atoms. The van der Waals surface area contributed by atoms with Crippen LogP contribution in [-0.2, 0) is 4.74 Å². The molecule has 2 rings (SSSR count). The van der Waals surface area contributed by atoms with E-state index in [-0.39, 0.29) is 0 Å². The minimum atomic E-state index is 0.297. The molecule has 1 aliphatic carbocycles. The van der Waals surface area contributed by atoms with Gasteiger partial charge in [0.25, 0.3) is 0 Å². The first-order valence-electron chi connectivity index (χ1n) is 5.87. The second kappa shape index (κ2) is 5.32. The van der Waals surface area contributed by atoms with Crippen molar-refractivity contribution in [2.24, 2.45) is 5.92 Å². The molecule has 1 heteroatoms. The summed E-state index contributed by atoms with van der Waals surface area (Å²) in [4.78, 5) is 0. The predicted octanol–water partition coefficient (Wildman–Crippen LogP) is 4.15. The van der Waals surface area contributed by atoms with E-state index in [2.05, 4.69) is 38.1 Å². The molecule has 0 heterocycles. The summed E-state index contributed by atoms with van der Waals surface area (Å²) in [5.41, 5.74) is 2.84. The number of hydrogen-bond donors (Lipinski definition) is 0. The fourth-order valence-electron chi connectivity index (χ4n) is 2.35. The van der Waals surface area contributed by atoms with Crippen LogP contribution < -0.4 is 0 Å². The van der Waals surface area contributed by atoms with Gasteiger partial charge in [0.15, 0.2) is 0 Å². The van der Waals surface area contributed by atoms with Crippen LogP contribution in [0.15, 0.2) is 24.3 Å². The van der Waals surface area contributed by atoms with Gasteiger partial charge in [0.05, 0.1) is 6.10 Å². The Morgan fingerprint density at radius 3 is 2.07 bits per heavy atom. The van der Waals surface area contributed by atoms with Crippen molar-refractivity contribution in [1.82, 2.24) is 0 Å². The maximum Gasteiger partial charge on any atom is 0.0855 e. The van der Waals surface area contributed by atoms with Crippen molar-refractivity contribution in [3.63, 3.8) is 0 Å². The Morgan fingerprint density at radius 2 is 1.53 bits per heavy atom. The number of hydrogen-bond acceptors (Lipinski definition) is 1. The van der Waals surface area contributed by atoms with E-state index >= 15 is 0 Å². The van der Waals surface area contributed by atoms with Crippen LogP contribution in [0.4, 0.5) is 0 Å². The van der Waals surface area contributed by atoms with Gasteiger partial charge in [-0.1, -0.05) is 52.0 Å². The van der Waals surface area contributed by atoms with Crippen LogP contribution in [0.1, 0.15) is 50.8 Å². The van der Waals surface area contributed by atoms with E-state index in [4.69, 9.17) is 4.74 Å². The van der Waals surface area contributed by atoms with Crippen LogP contribution >= 0.6 is 0 Å². The topological polar surface area (TPSA) is 9.23 Å². The molecule has 1 aromatic carbocycles. The van der Waals surface area contributed by atoms with Crippen molar-refractivity contribution in [3.8, 4) is 0 Å². The van der Waals surface area contributed by atoms with Gasteiger partial charge in [0.2, 0.25) is 0 Å². The van der Waals surface area contributed by atoms with E-state index in [9.17, 15) is 0 Å². The first-order chi connectivity index (χ1) is 7.25. The van der Waals surface area contributed by atoms with Crippen molar-refractivity contribution in [2.45, 2.75) is 39.7 Å². The number of fused-ring (bicyclic) bond motifs is 1. The van der Waals surface area contributed by atoms with Gasteiger partial charge in [-0.2, -0.15) is 0 Å². The average molecular weight is 206 g/mol. The van der Waals surface area contributed by atoms with E-state index in [1.165, 1.54) is 11.1 Å². The monoisotopic (exact) mass is 206 g/mol. The van der Waals surface area contributed by atoms with E-state index in [1.807, 2.05) is 13.8 Å². The van der Waals surface area contributed by atoms with Crippen molar-refractivity contribution in [3.05, 3.63) is 35.4 Å². The molecule has 0 radical (unpaired) electrons. The largest absolute Gasteiger partial charge is 0.376 e. The molecule has 3 atom stereocenters. The zero-order chi connectivity index (χ0) is 11.4. The summed E-state index contributed by atoms with van der Waals surface area (Å²) in [6, 6.07) is 8.61. The molecule has 15 heavy (non-hydrogen) atoms. The van der Waals surface area contributed by atoms with Crippen LogP contribution in [0.5, 0.6) is 0 Å². The zero-order valence-corrected chi connectivity index (χ0v) is 10.4. The zero-order valence-electron chi connectivity index (χ0n) is 10.4. The lowest BCUT2D eigenvalue weighted by molar-refractivity contribution is 0.0631. The quantitative estimate of drug-likeness (QED) is 0.670. The van der Waals surface area contributed by atoms with Gasteiger partial charge < -0.3 is 4.74 Å². The summed E-state index contributed by atoms with van der Waals surface area (Å²) in [5.74, 6) is 1.23. The van der Waals surface area contributed by atoms with Crippen molar-refractivity contribution >= 4 is 0 Å². The number of rotatable bonds is 1. The summed E-state index contributed by atoms with van der Waals surface area (Å²) in [5, 5.41) is 0. The molecule has 0 amide bonds. The van der Waals surface area contributed by atoms with Gasteiger partial charge in [-0.05, 0) is 23.0 Å². The normalized spacial score (nSPS) is 27.9. The lowest BCUT2D eigenvalue weighted by Gasteiger charge is -2.16. The molecular formula is C14H22O. The molecule has 0 fully saturated rings. The minimum absolute atomic E-state index is 0.297. The molecule has 0 N–H and O–H groups in total. The van der Waals surface area contributed by atoms with E-state index < -0.39 is 0 Å². The fraction of sp³-hybridized carbons (Fsp3) is 0.571. The smallest absolute Gasteiger partial charge is 0.0855 e. The molecule has 0 saturated carbocycles. The van der Waals surface area contributed by atoms with Gasteiger partial charge in [0.1, 0.15) is 0 Å². The SMILES string of the molecule is CC.COC1c2ccccc2C(C)[C@@H]1C. The van der Waals surface area contributed by atoms with Gasteiger partial charge in [-0.3, -0.25) is 0 Å². The second-order valence-corrected chi connectivity index (χ2v) is 3.93. The summed E-state index contributed by atoms with van der Waals surface area (Å²) in [6.45, 7) is 8.54. The molecule has 1 aromatic rings. The third-order valence-corrected chi connectivity index (χ3v) is 3.31. The highest BCUT2D eigenvalue weighted by molar-refractivity contribution is 5.37. The number of methoxy groups -OCH3 is 1. The van der Waals surface area contributed by atoms with Crippen molar-refractivity contribution < 1.29 is 4.74 Å². The lowest BCUT2D eigenvalue weighted by Crippen LogP contribution is -2.07. The number of ether oxygens (including phenoxy) is 1. The Kier molecular flexibility index (Phi) is 4.34. The molecule has 84 valence electrons. The highest BCUT2D eigenvalue weighted by Crippen LogP contribution is 2.45. The first kappa shape index (κ1) is 12.3. The highest BCUT2D eigenvalue weighted by atomic mass is 16.5. The van der Waals surface area contributed by atoms with Crippen LogP contribution in [0.25, 0.3) is 0 Å². The van der Waals surface area contributed by atoms with Gasteiger partial charge in [0, 0.05) is 7.11 Å². The molecule has 0 aromatic heterocycles. The van der Waals surface area contributed by atoms with Crippen LogP contribution in [0.3, 0.4) is 0 Å². The Morgan fingerprint density at radius 1 is 1.00 bits per heavy atom. The standard InChI is InChI=1S/C12H16O.C2H6/c1-8-9(2)12(13-3)11-7-5-4-6-10(8)11;1-2/h4-9,12H,1-3H3;1-2H3/t8?,9-,12?;/m0./s1. The second-order valence-electron chi connectivity index (χ2n) is 3.93. The maximum atomic E-state index is 5.52. The van der Waals surface area contributed by atoms with Crippen LogP contribution in [0, 0.1) is 5.92 Å². The summed E-state index contributed by atoms with van der Waals surface area (Å²) in [7, 11) is 1.80. The van der Waals surface area contributed by atoms with Crippen molar-refractivity contribution in [1.29, 1.82) is 0 Å². The maximum absolute atomic E-state index is 5.52. The third kappa shape index (κ3) is 2.07. The van der Waals surface area contributed by atoms with Gasteiger partial charge in [-0.25, -0.2) is 0 Å². The lowest BCUT2D eigenvalue weighted by atomic mass is 9.96. The summed E-state index contributed by atoms with van der Waals surface area (Å²) >= 11 is 0. The molecule has 2 unspecified atom stereocenters. The Bertz CT molecular complexity index is 306. The van der Waals surface area contributed by atoms with Gasteiger partial charge >= 0.3 is 0 Å². The van der Waals surface area contributed by atoms with E-state index in [1.54, 1.807) is 7.11 Å². The molecule has 1 nitrogen and oxygen atoms in total. The summed E-state index contributed by atoms with van der Waals surface area (Å²) < 4.78 is 5.52. The van der Waals surface area contributed by atoms with Gasteiger partial charge in [-0.15, -0.1) is 0 Å². The molecule has 0 aliphatic heterocycles. The van der Waals surface area contributed by atoms with Crippen LogP contribution in [0.2, 0.25) is 0 Å². The molecular weight excluding hydrogens is 184 g/mol. The Balaban J connectivity index is 0.000000531. The fourth-order valence-corrected chi connectivity index (χ4v) is 2.35. The molecule has 0 spiro atoms. The highest BCUT2D eigenvalue weighted by Gasteiger charge is 2.34. The molecule has 0 saturated heterocycles. The Hall–Kier alpha value is -0.820. The van der Waals surface area contributed by atoms with Crippen LogP contribution in [-0.4, -0.2) is 7.11 Å². The third-order valence-electron chi connectivity index (χ3n) is 3.31. The minimum Gasteiger partial charge on any atom is -0.376 e. The Labute approximate surface area is 93.5 Å². The average Bonchev–Trinajstić information content (AvgIpc) is 2.55. The number of benzene rings is 1. The molecule has 1 aliphatic rings. The van der Waals surface area contributed by atoms with Crippen molar-refractivity contribution in [2.75, 3.05) is 7.11 Å².